The van der Waals surface area contributed by atoms with E-state index in [2.05, 4.69) is 48.3 Å². The standard InChI is InChI=1S/C17H28N2O/c1-3-19(12-13-20)16-10-8-15(9-11-16)18-17-7-5-4-6-14(17)2/h8-11,14,17-18,20H,3-7,12-13H2,1-2H3. The number of nitrogens with zero attached hydrogens (tertiary/aromatic N) is 1. The van der Waals surface area contributed by atoms with Gasteiger partial charge in [-0.15, -0.1) is 0 Å². The molecule has 0 heterocycles. The van der Waals surface area contributed by atoms with Crippen LogP contribution in [0.3, 0.4) is 0 Å². The number of anilines is 2. The van der Waals surface area contributed by atoms with E-state index >= 15 is 0 Å². The fraction of sp³-hybridized carbons (Fsp3) is 0.647. The third-order valence-electron chi connectivity index (χ3n) is 4.45. The molecule has 0 radical (unpaired) electrons. The first-order chi connectivity index (χ1) is 9.74. The highest BCUT2D eigenvalue weighted by Crippen LogP contribution is 2.27. The van der Waals surface area contributed by atoms with Crippen LogP contribution in [0.5, 0.6) is 0 Å². The van der Waals surface area contributed by atoms with E-state index in [0.29, 0.717) is 12.6 Å². The average molecular weight is 276 g/mol. The van der Waals surface area contributed by atoms with Gasteiger partial charge in [-0.1, -0.05) is 19.8 Å². The second kappa shape index (κ2) is 7.53. The minimum atomic E-state index is 0.202. The van der Waals surface area contributed by atoms with Gasteiger partial charge in [0.1, 0.15) is 0 Å². The molecule has 1 aromatic carbocycles. The summed E-state index contributed by atoms with van der Waals surface area (Å²) in [5.41, 5.74) is 2.40. The minimum absolute atomic E-state index is 0.202. The smallest absolute Gasteiger partial charge is 0.0606 e. The third-order valence-corrected chi connectivity index (χ3v) is 4.45. The Hall–Kier alpha value is -1.22. The average Bonchev–Trinajstić information content (AvgIpc) is 2.48. The third kappa shape index (κ3) is 3.89. The fourth-order valence-electron chi connectivity index (χ4n) is 3.10. The zero-order valence-electron chi connectivity index (χ0n) is 12.8. The van der Waals surface area contributed by atoms with Gasteiger partial charge >= 0.3 is 0 Å². The number of rotatable bonds is 6. The molecule has 0 bridgehead atoms. The van der Waals surface area contributed by atoms with E-state index in [-0.39, 0.29) is 6.61 Å². The highest BCUT2D eigenvalue weighted by atomic mass is 16.3. The second-order valence-electron chi connectivity index (χ2n) is 5.86. The van der Waals surface area contributed by atoms with Crippen LogP contribution in [-0.4, -0.2) is 30.8 Å². The quantitative estimate of drug-likeness (QED) is 0.835. The highest BCUT2D eigenvalue weighted by Gasteiger charge is 2.20. The molecule has 0 spiro atoms. The Morgan fingerprint density at radius 3 is 2.50 bits per heavy atom. The van der Waals surface area contributed by atoms with Crippen molar-refractivity contribution in [1.29, 1.82) is 0 Å². The first kappa shape index (κ1) is 15.2. The van der Waals surface area contributed by atoms with Crippen molar-refractivity contribution in [2.24, 2.45) is 5.92 Å². The van der Waals surface area contributed by atoms with Gasteiger partial charge in [-0.25, -0.2) is 0 Å². The minimum Gasteiger partial charge on any atom is -0.395 e. The molecule has 0 saturated heterocycles. The molecule has 3 heteroatoms. The summed E-state index contributed by atoms with van der Waals surface area (Å²) in [5, 5.41) is 12.8. The normalized spacial score (nSPS) is 22.6. The lowest BCUT2D eigenvalue weighted by Crippen LogP contribution is -2.30. The van der Waals surface area contributed by atoms with Crippen molar-refractivity contribution in [3.05, 3.63) is 24.3 Å². The Morgan fingerprint density at radius 1 is 1.20 bits per heavy atom. The predicted octanol–water partition coefficient (Wildman–Crippen LogP) is 3.50. The van der Waals surface area contributed by atoms with E-state index in [9.17, 15) is 0 Å². The largest absolute Gasteiger partial charge is 0.395 e. The lowest BCUT2D eigenvalue weighted by Gasteiger charge is -2.30. The molecule has 2 unspecified atom stereocenters. The lowest BCUT2D eigenvalue weighted by atomic mass is 9.86. The zero-order chi connectivity index (χ0) is 14.4. The van der Waals surface area contributed by atoms with Crippen molar-refractivity contribution < 1.29 is 5.11 Å². The maximum Gasteiger partial charge on any atom is 0.0606 e. The number of likely N-dealkylation sites (N-methyl/N-ethyl adjacent to an activating group) is 1. The van der Waals surface area contributed by atoms with Crippen molar-refractivity contribution in [3.8, 4) is 0 Å². The second-order valence-corrected chi connectivity index (χ2v) is 5.86. The van der Waals surface area contributed by atoms with Gasteiger partial charge in [-0.3, -0.25) is 0 Å². The Kier molecular flexibility index (Phi) is 5.72. The molecule has 2 N–H and O–H groups in total. The van der Waals surface area contributed by atoms with Crippen LogP contribution in [0.2, 0.25) is 0 Å². The van der Waals surface area contributed by atoms with Gasteiger partial charge in [0.05, 0.1) is 6.61 Å². The van der Waals surface area contributed by atoms with Crippen molar-refractivity contribution in [2.75, 3.05) is 29.9 Å². The Bertz CT molecular complexity index is 390. The van der Waals surface area contributed by atoms with Gasteiger partial charge in [-0.05, 0) is 49.9 Å². The number of hydrogen-bond acceptors (Lipinski definition) is 3. The molecule has 1 aliphatic carbocycles. The molecule has 0 amide bonds. The molecule has 112 valence electrons. The highest BCUT2D eigenvalue weighted by molar-refractivity contribution is 5.55. The zero-order valence-corrected chi connectivity index (χ0v) is 12.8. The van der Waals surface area contributed by atoms with E-state index in [1.54, 1.807) is 0 Å². The molecule has 20 heavy (non-hydrogen) atoms. The molecule has 0 aliphatic heterocycles. The summed E-state index contributed by atoms with van der Waals surface area (Å²) in [6, 6.07) is 9.24. The number of benzene rings is 1. The van der Waals surface area contributed by atoms with Crippen LogP contribution >= 0.6 is 0 Å². The predicted molar refractivity (Wildman–Crippen MR) is 86.5 cm³/mol. The number of aliphatic hydroxyl groups excluding tert-OH is 1. The van der Waals surface area contributed by atoms with Gasteiger partial charge in [0.2, 0.25) is 0 Å². The summed E-state index contributed by atoms with van der Waals surface area (Å²) >= 11 is 0. The molecule has 2 atom stereocenters. The number of hydrogen-bond donors (Lipinski definition) is 2. The number of aliphatic hydroxyl groups is 1. The summed E-state index contributed by atoms with van der Waals surface area (Å²) in [5.74, 6) is 0.768. The molecule has 1 saturated carbocycles. The van der Waals surface area contributed by atoms with Gasteiger partial charge in [0.15, 0.2) is 0 Å². The van der Waals surface area contributed by atoms with Crippen molar-refractivity contribution in [2.45, 2.75) is 45.6 Å². The Morgan fingerprint density at radius 2 is 1.90 bits per heavy atom. The molecule has 1 fully saturated rings. The van der Waals surface area contributed by atoms with Crippen LogP contribution in [0.15, 0.2) is 24.3 Å². The van der Waals surface area contributed by atoms with Crippen LogP contribution in [0.4, 0.5) is 11.4 Å². The van der Waals surface area contributed by atoms with E-state index in [1.807, 2.05) is 0 Å². The van der Waals surface area contributed by atoms with Crippen molar-refractivity contribution >= 4 is 11.4 Å². The van der Waals surface area contributed by atoms with Gasteiger partial charge in [0, 0.05) is 30.5 Å². The lowest BCUT2D eigenvalue weighted by molar-refractivity contribution is 0.302. The molecular formula is C17H28N2O. The van der Waals surface area contributed by atoms with Crippen LogP contribution < -0.4 is 10.2 Å². The first-order valence-electron chi connectivity index (χ1n) is 7.97. The first-order valence-corrected chi connectivity index (χ1v) is 7.97. The van der Waals surface area contributed by atoms with Crippen LogP contribution in [0, 0.1) is 5.92 Å². The molecule has 2 rings (SSSR count). The Labute approximate surface area is 123 Å². The number of nitrogens with one attached hydrogen (secondary N) is 1. The molecule has 1 aliphatic rings. The van der Waals surface area contributed by atoms with Gasteiger partial charge in [-0.2, -0.15) is 0 Å². The van der Waals surface area contributed by atoms with Gasteiger partial charge in [0.25, 0.3) is 0 Å². The monoisotopic (exact) mass is 276 g/mol. The fourth-order valence-corrected chi connectivity index (χ4v) is 3.10. The SMILES string of the molecule is CCN(CCO)c1ccc(NC2CCCCC2C)cc1. The topological polar surface area (TPSA) is 35.5 Å². The van der Waals surface area contributed by atoms with E-state index in [1.165, 1.54) is 37.1 Å². The van der Waals surface area contributed by atoms with Gasteiger partial charge < -0.3 is 15.3 Å². The summed E-state index contributed by atoms with van der Waals surface area (Å²) < 4.78 is 0. The van der Waals surface area contributed by atoms with Crippen molar-refractivity contribution in [3.63, 3.8) is 0 Å². The summed E-state index contributed by atoms with van der Waals surface area (Å²) in [6.45, 7) is 6.29. The molecule has 0 aromatic heterocycles. The maximum absolute atomic E-state index is 9.08. The molecule has 3 nitrogen and oxygen atoms in total. The van der Waals surface area contributed by atoms with E-state index in [4.69, 9.17) is 5.11 Å². The summed E-state index contributed by atoms with van der Waals surface area (Å²) in [7, 11) is 0. The van der Waals surface area contributed by atoms with E-state index in [0.717, 1.165) is 12.5 Å². The summed E-state index contributed by atoms with van der Waals surface area (Å²) in [6.07, 6.45) is 5.36. The Balaban J connectivity index is 1.97. The van der Waals surface area contributed by atoms with E-state index < -0.39 is 0 Å². The van der Waals surface area contributed by atoms with Crippen LogP contribution in [0.25, 0.3) is 0 Å². The molecule has 1 aromatic rings. The molecular weight excluding hydrogens is 248 g/mol. The summed E-state index contributed by atoms with van der Waals surface area (Å²) in [4.78, 5) is 2.19. The maximum atomic E-state index is 9.08. The van der Waals surface area contributed by atoms with Crippen LogP contribution in [-0.2, 0) is 0 Å². The van der Waals surface area contributed by atoms with Crippen molar-refractivity contribution in [1.82, 2.24) is 0 Å². The van der Waals surface area contributed by atoms with Crippen LogP contribution in [0.1, 0.15) is 39.5 Å².